The number of aromatic nitrogens is 2. The molecule has 168 valence electrons. The Morgan fingerprint density at radius 1 is 1.09 bits per heavy atom. The highest BCUT2D eigenvalue weighted by Gasteiger charge is 2.50. The average Bonchev–Trinajstić information content (AvgIpc) is 3.00. The number of urea groups is 1. The van der Waals surface area contributed by atoms with E-state index in [-0.39, 0.29) is 5.82 Å². The number of hydrogen-bond acceptors (Lipinski definition) is 8. The number of fused-ring (bicyclic) bond motifs is 1. The molecule has 1 atom stereocenters. The molecule has 0 spiro atoms. The van der Waals surface area contributed by atoms with Gasteiger partial charge in [-0.05, 0) is 24.6 Å². The van der Waals surface area contributed by atoms with Crippen molar-refractivity contribution in [3.8, 4) is 11.5 Å². The second-order valence-electron chi connectivity index (χ2n) is 7.69. The number of anilines is 1. The van der Waals surface area contributed by atoms with E-state index in [4.69, 9.17) is 15.2 Å². The van der Waals surface area contributed by atoms with Crippen LogP contribution >= 0.6 is 0 Å². The summed E-state index contributed by atoms with van der Waals surface area (Å²) in [7, 11) is 2.51. The number of amides is 3. The second-order valence-corrected chi connectivity index (χ2v) is 7.69. The van der Waals surface area contributed by atoms with Crippen LogP contribution in [0.3, 0.4) is 0 Å². The Hall–Kier alpha value is -4.09. The van der Waals surface area contributed by atoms with Crippen molar-refractivity contribution < 1.29 is 23.9 Å². The third kappa shape index (κ3) is 3.02. The quantitative estimate of drug-likeness (QED) is 0.454. The highest BCUT2D eigenvalue weighted by atomic mass is 16.6. The molecule has 0 saturated carbocycles. The highest BCUT2D eigenvalue weighted by Crippen LogP contribution is 2.36. The molecule has 3 heterocycles. The summed E-state index contributed by atoms with van der Waals surface area (Å²) < 4.78 is 12.7. The molecule has 3 N–H and O–H groups in total. The summed E-state index contributed by atoms with van der Waals surface area (Å²) in [5.41, 5.74) is 2.70. The summed E-state index contributed by atoms with van der Waals surface area (Å²) in [5, 5.41) is 2.59. The second kappa shape index (κ2) is 7.25. The van der Waals surface area contributed by atoms with E-state index in [1.54, 1.807) is 18.2 Å². The monoisotopic (exact) mass is 443 g/mol. The number of benzene rings is 1. The van der Waals surface area contributed by atoms with Crippen molar-refractivity contribution in [3.05, 3.63) is 50.2 Å². The Morgan fingerprint density at radius 3 is 2.44 bits per heavy atom. The summed E-state index contributed by atoms with van der Waals surface area (Å²) in [5.74, 6) is -0.937. The molecule has 1 unspecified atom stereocenters. The molecule has 2 aliphatic rings. The predicted molar refractivity (Wildman–Crippen MR) is 111 cm³/mol. The molecule has 3 amide bonds. The molecule has 1 aromatic carbocycles. The predicted octanol–water partition coefficient (Wildman–Crippen LogP) is -0.913. The number of nitrogens with two attached hydrogens (primary N) is 1. The SMILES string of the molecule is Cn1c(N)c(C(=O)CN2C(=O)NC(C)(c3ccc4c(c3)OCCO4)C2=O)c(=O)n(C)c1=O. The van der Waals surface area contributed by atoms with E-state index in [0.717, 1.165) is 9.13 Å². The number of imide groups is 1. The van der Waals surface area contributed by atoms with Gasteiger partial charge in [0.1, 0.15) is 30.1 Å². The van der Waals surface area contributed by atoms with Gasteiger partial charge in [0.15, 0.2) is 17.3 Å². The van der Waals surface area contributed by atoms with Crippen molar-refractivity contribution in [1.82, 2.24) is 19.4 Å². The van der Waals surface area contributed by atoms with E-state index in [0.29, 0.717) is 35.2 Å². The van der Waals surface area contributed by atoms with Crippen LogP contribution in [0, 0.1) is 0 Å². The van der Waals surface area contributed by atoms with Crippen LogP contribution in [0.4, 0.5) is 10.6 Å². The first-order valence-corrected chi connectivity index (χ1v) is 9.69. The van der Waals surface area contributed by atoms with E-state index < -0.39 is 46.6 Å². The lowest BCUT2D eigenvalue weighted by molar-refractivity contribution is -0.130. The van der Waals surface area contributed by atoms with Crippen LogP contribution in [-0.2, 0) is 24.4 Å². The summed E-state index contributed by atoms with van der Waals surface area (Å²) >= 11 is 0. The van der Waals surface area contributed by atoms with Crippen molar-refractivity contribution in [1.29, 1.82) is 0 Å². The Labute approximate surface area is 181 Å². The van der Waals surface area contributed by atoms with Crippen LogP contribution in [0.1, 0.15) is 22.8 Å². The molecule has 2 aromatic rings. The molecule has 12 nitrogen and oxygen atoms in total. The van der Waals surface area contributed by atoms with Crippen LogP contribution in [0.25, 0.3) is 0 Å². The van der Waals surface area contributed by atoms with Gasteiger partial charge in [0, 0.05) is 14.1 Å². The smallest absolute Gasteiger partial charge is 0.332 e. The van der Waals surface area contributed by atoms with Crippen molar-refractivity contribution >= 4 is 23.5 Å². The minimum atomic E-state index is -1.47. The summed E-state index contributed by atoms with van der Waals surface area (Å²) in [4.78, 5) is 63.8. The number of nitrogens with one attached hydrogen (secondary N) is 1. The molecule has 2 aliphatic heterocycles. The maximum atomic E-state index is 13.2. The van der Waals surface area contributed by atoms with Gasteiger partial charge in [-0.15, -0.1) is 0 Å². The molecule has 1 aromatic heterocycles. The number of carbonyl (C=O) groups is 3. The van der Waals surface area contributed by atoms with Gasteiger partial charge < -0.3 is 20.5 Å². The van der Waals surface area contributed by atoms with Crippen LogP contribution in [0.5, 0.6) is 11.5 Å². The number of nitrogens with zero attached hydrogens (tertiary/aromatic N) is 3. The Morgan fingerprint density at radius 2 is 1.75 bits per heavy atom. The molecule has 32 heavy (non-hydrogen) atoms. The zero-order valence-electron chi connectivity index (χ0n) is 17.6. The highest BCUT2D eigenvalue weighted by molar-refractivity contribution is 6.12. The standard InChI is InChI=1S/C20H21N5O7/c1-20(10-4-5-12-13(8-10)32-7-6-31-12)17(28)25(18(29)22-20)9-11(26)14-15(21)23(2)19(30)24(3)16(14)27/h4-5,8H,6-7,9,21H2,1-3H3,(H,22,29). The molecule has 4 rings (SSSR count). The molecule has 1 fully saturated rings. The van der Waals surface area contributed by atoms with Crippen LogP contribution in [0.2, 0.25) is 0 Å². The number of ether oxygens (including phenoxy) is 2. The van der Waals surface area contributed by atoms with Crippen molar-refractivity contribution in [2.75, 3.05) is 25.5 Å². The lowest BCUT2D eigenvalue weighted by Gasteiger charge is -2.25. The fourth-order valence-corrected chi connectivity index (χ4v) is 3.74. The van der Waals surface area contributed by atoms with E-state index in [1.165, 1.54) is 21.0 Å². The first-order valence-electron chi connectivity index (χ1n) is 9.69. The van der Waals surface area contributed by atoms with E-state index in [9.17, 15) is 24.0 Å². The number of rotatable bonds is 4. The van der Waals surface area contributed by atoms with Crippen LogP contribution in [-0.4, -0.2) is 51.5 Å². The third-order valence-corrected chi connectivity index (χ3v) is 5.68. The molecular weight excluding hydrogens is 422 g/mol. The molecule has 12 heteroatoms. The largest absolute Gasteiger partial charge is 0.486 e. The first kappa shape index (κ1) is 21.2. The maximum absolute atomic E-state index is 13.2. The first-order chi connectivity index (χ1) is 15.1. The average molecular weight is 443 g/mol. The Kier molecular flexibility index (Phi) is 4.79. The van der Waals surface area contributed by atoms with Crippen molar-refractivity contribution in [2.24, 2.45) is 14.1 Å². The van der Waals surface area contributed by atoms with Gasteiger partial charge in [-0.3, -0.25) is 28.4 Å². The molecular formula is C20H21N5O7. The number of Topliss-reactive ketones (excluding diaryl/α,β-unsaturated/α-hetero) is 1. The zero-order valence-corrected chi connectivity index (χ0v) is 17.6. The Balaban J connectivity index is 1.65. The topological polar surface area (TPSA) is 155 Å². The van der Waals surface area contributed by atoms with Gasteiger partial charge >= 0.3 is 11.7 Å². The number of nitrogen functional groups attached to an aromatic ring is 1. The van der Waals surface area contributed by atoms with Crippen LogP contribution in [0.15, 0.2) is 27.8 Å². The normalized spacial score (nSPS) is 19.8. The van der Waals surface area contributed by atoms with Gasteiger partial charge in [-0.1, -0.05) is 6.07 Å². The third-order valence-electron chi connectivity index (χ3n) is 5.68. The molecule has 0 bridgehead atoms. The lowest BCUT2D eigenvalue weighted by Crippen LogP contribution is -2.44. The van der Waals surface area contributed by atoms with Crippen molar-refractivity contribution in [2.45, 2.75) is 12.5 Å². The zero-order chi connectivity index (χ0) is 23.4. The van der Waals surface area contributed by atoms with Gasteiger partial charge in [0.05, 0.1) is 6.54 Å². The van der Waals surface area contributed by atoms with Gasteiger partial charge in [0.2, 0.25) is 0 Å². The summed E-state index contributed by atoms with van der Waals surface area (Å²) in [6, 6.07) is 4.05. The van der Waals surface area contributed by atoms with Gasteiger partial charge in [0.25, 0.3) is 11.5 Å². The molecule has 0 aliphatic carbocycles. The van der Waals surface area contributed by atoms with Gasteiger partial charge in [-0.25, -0.2) is 9.59 Å². The van der Waals surface area contributed by atoms with E-state index in [1.807, 2.05) is 0 Å². The summed E-state index contributed by atoms with van der Waals surface area (Å²) in [6.07, 6.45) is 0. The van der Waals surface area contributed by atoms with Crippen LogP contribution < -0.4 is 31.8 Å². The maximum Gasteiger partial charge on any atom is 0.332 e. The van der Waals surface area contributed by atoms with Crippen molar-refractivity contribution in [3.63, 3.8) is 0 Å². The summed E-state index contributed by atoms with van der Waals surface area (Å²) in [6.45, 7) is 1.54. The number of ketones is 1. The molecule has 1 saturated heterocycles. The minimum Gasteiger partial charge on any atom is -0.486 e. The number of hydrogen-bond donors (Lipinski definition) is 2. The number of carbonyl (C=O) groups excluding carboxylic acids is 3. The van der Waals surface area contributed by atoms with E-state index >= 15 is 0 Å². The van der Waals surface area contributed by atoms with Gasteiger partial charge in [-0.2, -0.15) is 0 Å². The van der Waals surface area contributed by atoms with E-state index in [2.05, 4.69) is 5.32 Å². The lowest BCUT2D eigenvalue weighted by atomic mass is 9.91. The minimum absolute atomic E-state index is 0.343. The Bertz CT molecular complexity index is 1290. The fraction of sp³-hybridized carbons (Fsp3) is 0.350. The fourth-order valence-electron chi connectivity index (χ4n) is 3.74. The molecule has 0 radical (unpaired) electrons.